The summed E-state index contributed by atoms with van der Waals surface area (Å²) in [4.78, 5) is 36.9. The lowest BCUT2D eigenvalue weighted by atomic mass is 10.1. The molecule has 2 aromatic rings. The number of benzene rings is 2. The smallest absolute Gasteiger partial charge is 0.493 e. The van der Waals surface area contributed by atoms with Gasteiger partial charge in [0.2, 0.25) is 18.3 Å². The van der Waals surface area contributed by atoms with Gasteiger partial charge in [0.05, 0.1) is 14.2 Å². The summed E-state index contributed by atoms with van der Waals surface area (Å²) < 4.78 is 52.9. The molecular formula is C17H18O12P2. The molecule has 0 amide bonds. The molecule has 0 unspecified atom stereocenters. The second-order valence-corrected chi connectivity index (χ2v) is 8.30. The van der Waals surface area contributed by atoms with Crippen molar-refractivity contribution in [2.75, 3.05) is 21.0 Å². The zero-order chi connectivity index (χ0) is 22.8. The Hall–Kier alpha value is -2.72. The summed E-state index contributed by atoms with van der Waals surface area (Å²) in [7, 11) is -7.63. The first-order chi connectivity index (χ1) is 14.5. The topological polar surface area (TPSA) is 170 Å². The Bertz CT molecular complexity index is 1100. The third-order valence-corrected chi connectivity index (χ3v) is 4.72. The molecule has 4 N–H and O–H groups in total. The number of phosphoric ester groups is 2. The van der Waals surface area contributed by atoms with Crippen LogP contribution in [0, 0.1) is 0 Å². The molecule has 0 spiro atoms. The van der Waals surface area contributed by atoms with Gasteiger partial charge >= 0.3 is 15.6 Å². The first-order valence-corrected chi connectivity index (χ1v) is 11.4. The summed E-state index contributed by atoms with van der Waals surface area (Å²) in [5.74, 6) is -0.238. The highest BCUT2D eigenvalue weighted by Crippen LogP contribution is 2.53. The van der Waals surface area contributed by atoms with Crippen molar-refractivity contribution in [3.8, 4) is 34.5 Å². The van der Waals surface area contributed by atoms with E-state index in [1.165, 1.54) is 38.5 Å². The average Bonchev–Trinajstić information content (AvgIpc) is 3.14. The molecular weight excluding hydrogens is 458 g/mol. The Balaban J connectivity index is 2.09. The van der Waals surface area contributed by atoms with Crippen LogP contribution in [-0.4, -0.2) is 40.6 Å². The van der Waals surface area contributed by atoms with E-state index in [-0.39, 0.29) is 18.1 Å². The number of phosphoric acid groups is 2. The van der Waals surface area contributed by atoms with Gasteiger partial charge in [-0.05, 0) is 29.8 Å². The summed E-state index contributed by atoms with van der Waals surface area (Å²) in [5.41, 5.74) is 0.598. The van der Waals surface area contributed by atoms with Gasteiger partial charge in [-0.3, -0.25) is 19.6 Å². The molecule has 1 aliphatic heterocycles. The SMILES string of the molecule is COc1cc(/C=C\c2ccc(OC)c(OP(=O)(O)O)c2OP(=O)(O)O)cc2c1OCO2. The largest absolute Gasteiger partial charge is 0.525 e. The van der Waals surface area contributed by atoms with Crippen LogP contribution in [0.3, 0.4) is 0 Å². The van der Waals surface area contributed by atoms with Crippen molar-refractivity contribution < 1.29 is 56.7 Å². The fourth-order valence-electron chi connectivity index (χ4n) is 2.70. The molecule has 0 bridgehead atoms. The maximum atomic E-state index is 11.5. The highest BCUT2D eigenvalue weighted by Gasteiger charge is 2.29. The van der Waals surface area contributed by atoms with Gasteiger partial charge in [-0.15, -0.1) is 0 Å². The molecule has 168 valence electrons. The molecule has 31 heavy (non-hydrogen) atoms. The van der Waals surface area contributed by atoms with Crippen molar-refractivity contribution in [3.05, 3.63) is 35.4 Å². The maximum Gasteiger partial charge on any atom is 0.525 e. The maximum absolute atomic E-state index is 11.5. The second-order valence-electron chi connectivity index (χ2n) is 5.97. The summed E-state index contributed by atoms with van der Waals surface area (Å²) >= 11 is 0. The standard InChI is InChI=1S/C17H18O12P2/c1-24-12-6-5-11(15(28-30(18,19)20)17(12)29-31(21,22)23)4-3-10-7-13(25-2)16-14(8-10)26-9-27-16/h3-8H,9H2,1-2H3,(H2,18,19,20)(H2,21,22,23)/b4-3-. The molecule has 12 nitrogen and oxygen atoms in total. The van der Waals surface area contributed by atoms with Crippen molar-refractivity contribution in [2.45, 2.75) is 0 Å². The molecule has 0 aliphatic carbocycles. The molecule has 0 atom stereocenters. The van der Waals surface area contributed by atoms with E-state index in [1.54, 1.807) is 12.1 Å². The molecule has 0 radical (unpaired) electrons. The third kappa shape index (κ3) is 5.71. The third-order valence-electron chi connectivity index (χ3n) is 3.88. The van der Waals surface area contributed by atoms with Gasteiger partial charge in [0, 0.05) is 5.56 Å². The monoisotopic (exact) mass is 476 g/mol. The Morgan fingerprint density at radius 3 is 2.13 bits per heavy atom. The van der Waals surface area contributed by atoms with Crippen molar-refractivity contribution in [2.24, 2.45) is 0 Å². The van der Waals surface area contributed by atoms with Crippen LogP contribution in [0.4, 0.5) is 0 Å². The number of rotatable bonds is 8. The van der Waals surface area contributed by atoms with Crippen LogP contribution in [0.1, 0.15) is 11.1 Å². The summed E-state index contributed by atoms with van der Waals surface area (Å²) in [5, 5.41) is 0. The number of fused-ring (bicyclic) bond motifs is 1. The van der Waals surface area contributed by atoms with Crippen LogP contribution < -0.4 is 28.0 Å². The van der Waals surface area contributed by atoms with Crippen LogP contribution in [0.15, 0.2) is 24.3 Å². The van der Waals surface area contributed by atoms with E-state index >= 15 is 0 Å². The molecule has 1 heterocycles. The normalized spacial score (nSPS) is 13.4. The summed E-state index contributed by atoms with van der Waals surface area (Å²) in [6.07, 6.45) is 2.91. The average molecular weight is 476 g/mol. The van der Waals surface area contributed by atoms with Gasteiger partial charge in [-0.1, -0.05) is 12.2 Å². The molecule has 0 saturated carbocycles. The van der Waals surface area contributed by atoms with E-state index < -0.39 is 27.1 Å². The van der Waals surface area contributed by atoms with Crippen molar-refractivity contribution >= 4 is 27.8 Å². The first kappa shape index (κ1) is 23.0. The molecule has 2 aromatic carbocycles. The number of ether oxygens (including phenoxy) is 4. The summed E-state index contributed by atoms with van der Waals surface area (Å²) in [6, 6.07) is 5.92. The molecule has 14 heteroatoms. The molecule has 0 aromatic heterocycles. The van der Waals surface area contributed by atoms with Gasteiger partial charge in [0.25, 0.3) is 0 Å². The lowest BCUT2D eigenvalue weighted by Gasteiger charge is -2.18. The lowest BCUT2D eigenvalue weighted by Crippen LogP contribution is -2.00. The minimum absolute atomic E-state index is 0.0285. The highest BCUT2D eigenvalue weighted by molar-refractivity contribution is 7.47. The predicted molar refractivity (Wildman–Crippen MR) is 106 cm³/mol. The Morgan fingerprint density at radius 1 is 0.871 bits per heavy atom. The fourth-order valence-corrected chi connectivity index (χ4v) is 3.54. The van der Waals surface area contributed by atoms with Gasteiger partial charge in [0.1, 0.15) is 0 Å². The van der Waals surface area contributed by atoms with Crippen molar-refractivity contribution in [3.63, 3.8) is 0 Å². The van der Waals surface area contributed by atoms with Gasteiger partial charge < -0.3 is 28.0 Å². The zero-order valence-corrected chi connectivity index (χ0v) is 17.9. The lowest BCUT2D eigenvalue weighted by molar-refractivity contribution is 0.171. The van der Waals surface area contributed by atoms with E-state index in [0.717, 1.165) is 0 Å². The fraction of sp³-hybridized carbons (Fsp3) is 0.176. The number of hydrogen-bond acceptors (Lipinski definition) is 8. The highest BCUT2D eigenvalue weighted by atomic mass is 31.2. The minimum atomic E-state index is -5.14. The molecule has 1 aliphatic rings. The van der Waals surface area contributed by atoms with Gasteiger partial charge in [0.15, 0.2) is 23.0 Å². The minimum Gasteiger partial charge on any atom is -0.493 e. The van der Waals surface area contributed by atoms with Crippen molar-refractivity contribution in [1.82, 2.24) is 0 Å². The Morgan fingerprint density at radius 2 is 1.52 bits per heavy atom. The summed E-state index contributed by atoms with van der Waals surface area (Å²) in [6.45, 7) is 0.0285. The predicted octanol–water partition coefficient (Wildman–Crippen LogP) is 2.55. The molecule has 3 rings (SSSR count). The number of hydrogen-bond donors (Lipinski definition) is 4. The first-order valence-electron chi connectivity index (χ1n) is 8.37. The van der Waals surface area contributed by atoms with Crippen LogP contribution in [-0.2, 0) is 9.13 Å². The van der Waals surface area contributed by atoms with E-state index in [4.69, 9.17) is 18.9 Å². The zero-order valence-electron chi connectivity index (χ0n) is 16.1. The number of methoxy groups -OCH3 is 2. The van der Waals surface area contributed by atoms with Gasteiger partial charge in [-0.25, -0.2) is 9.13 Å². The van der Waals surface area contributed by atoms with E-state index in [2.05, 4.69) is 9.05 Å². The van der Waals surface area contributed by atoms with Crippen LogP contribution in [0.5, 0.6) is 34.5 Å². The molecule has 0 saturated heterocycles. The van der Waals surface area contributed by atoms with E-state index in [9.17, 15) is 28.7 Å². The van der Waals surface area contributed by atoms with Crippen LogP contribution in [0.25, 0.3) is 12.2 Å². The van der Waals surface area contributed by atoms with Gasteiger partial charge in [-0.2, -0.15) is 0 Å². The Kier molecular flexibility index (Phi) is 6.51. The van der Waals surface area contributed by atoms with Crippen molar-refractivity contribution in [1.29, 1.82) is 0 Å². The Labute approximate surface area is 176 Å². The van der Waals surface area contributed by atoms with Crippen LogP contribution in [0.2, 0.25) is 0 Å². The van der Waals surface area contributed by atoms with Crippen LogP contribution >= 0.6 is 15.6 Å². The van der Waals surface area contributed by atoms with E-state index in [1.807, 2.05) is 0 Å². The quantitative estimate of drug-likeness (QED) is 0.325. The second kappa shape index (κ2) is 8.80. The molecule has 0 fully saturated rings. The van der Waals surface area contributed by atoms with E-state index in [0.29, 0.717) is 22.8 Å².